The summed E-state index contributed by atoms with van der Waals surface area (Å²) in [4.78, 5) is 1.31. The van der Waals surface area contributed by atoms with E-state index in [1.165, 1.54) is 4.90 Å². The second-order valence-corrected chi connectivity index (χ2v) is 6.44. The molecule has 0 bridgehead atoms. The molecule has 0 atom stereocenters. The van der Waals surface area contributed by atoms with E-state index in [-0.39, 0.29) is 0 Å². The molecule has 1 heterocycles. The van der Waals surface area contributed by atoms with Gasteiger partial charge in [-0.2, -0.15) is 5.10 Å². The Morgan fingerprint density at radius 3 is 2.41 bits per heavy atom. The molecule has 0 saturated heterocycles. The standard InChI is InChI=1S/C17H17N3S2/c21-17-19-18-16(14-8-3-1-4-9-14)20(17)12-7-13-22-15-10-5-2-6-11-15/h1-6,8-11H,7,12-13H2,(H,19,21). The summed E-state index contributed by atoms with van der Waals surface area (Å²) < 4.78 is 2.76. The summed E-state index contributed by atoms with van der Waals surface area (Å²) in [6.07, 6.45) is 1.05. The number of rotatable bonds is 6. The van der Waals surface area contributed by atoms with Crippen molar-refractivity contribution in [3.63, 3.8) is 0 Å². The van der Waals surface area contributed by atoms with Crippen LogP contribution in [-0.4, -0.2) is 20.5 Å². The number of nitrogens with one attached hydrogen (secondary N) is 1. The van der Waals surface area contributed by atoms with Crippen molar-refractivity contribution in [2.75, 3.05) is 5.75 Å². The van der Waals surface area contributed by atoms with E-state index in [0.717, 1.165) is 30.1 Å². The minimum atomic E-state index is 0.684. The molecular formula is C17H17N3S2. The SMILES string of the molecule is S=c1[nH]nc(-c2ccccc2)n1CCCSc1ccccc1. The largest absolute Gasteiger partial charge is 0.300 e. The van der Waals surface area contributed by atoms with Gasteiger partial charge in [0.25, 0.3) is 0 Å². The van der Waals surface area contributed by atoms with Crippen molar-refractivity contribution in [2.24, 2.45) is 0 Å². The molecule has 0 radical (unpaired) electrons. The van der Waals surface area contributed by atoms with Gasteiger partial charge in [0.15, 0.2) is 10.6 Å². The minimum Gasteiger partial charge on any atom is -0.300 e. The smallest absolute Gasteiger partial charge is 0.195 e. The van der Waals surface area contributed by atoms with Gasteiger partial charge in [0, 0.05) is 17.0 Å². The first-order valence-electron chi connectivity index (χ1n) is 7.23. The lowest BCUT2D eigenvalue weighted by atomic mass is 10.2. The van der Waals surface area contributed by atoms with Crippen LogP contribution >= 0.6 is 24.0 Å². The van der Waals surface area contributed by atoms with Gasteiger partial charge >= 0.3 is 0 Å². The summed E-state index contributed by atoms with van der Waals surface area (Å²) in [5.41, 5.74) is 1.09. The van der Waals surface area contributed by atoms with Gasteiger partial charge in [-0.3, -0.25) is 5.10 Å². The van der Waals surface area contributed by atoms with Gasteiger partial charge < -0.3 is 4.57 Å². The number of benzene rings is 2. The fraction of sp³-hybridized carbons (Fsp3) is 0.176. The van der Waals surface area contributed by atoms with Crippen LogP contribution in [0.4, 0.5) is 0 Å². The summed E-state index contributed by atoms with van der Waals surface area (Å²) in [6.45, 7) is 0.874. The Balaban J connectivity index is 1.64. The molecule has 22 heavy (non-hydrogen) atoms. The second kappa shape index (κ2) is 7.42. The number of thioether (sulfide) groups is 1. The van der Waals surface area contributed by atoms with Crippen LogP contribution in [0.25, 0.3) is 11.4 Å². The molecule has 2 aromatic carbocycles. The third-order valence-corrected chi connectivity index (χ3v) is 4.74. The third-order valence-electron chi connectivity index (χ3n) is 3.33. The summed E-state index contributed by atoms with van der Waals surface area (Å²) in [5.74, 6) is 1.97. The third kappa shape index (κ3) is 3.67. The lowest BCUT2D eigenvalue weighted by Crippen LogP contribution is -2.02. The van der Waals surface area contributed by atoms with Crippen LogP contribution in [-0.2, 0) is 6.54 Å². The Bertz CT molecular complexity index is 763. The lowest BCUT2D eigenvalue weighted by molar-refractivity contribution is 0.679. The average molecular weight is 327 g/mol. The highest BCUT2D eigenvalue weighted by molar-refractivity contribution is 7.99. The fourth-order valence-corrected chi connectivity index (χ4v) is 3.34. The number of hydrogen-bond acceptors (Lipinski definition) is 3. The highest BCUT2D eigenvalue weighted by Crippen LogP contribution is 2.20. The van der Waals surface area contributed by atoms with Gasteiger partial charge in [0.05, 0.1) is 0 Å². The molecule has 0 aliphatic heterocycles. The van der Waals surface area contributed by atoms with Gasteiger partial charge in [0.2, 0.25) is 0 Å². The van der Waals surface area contributed by atoms with Gasteiger partial charge in [-0.15, -0.1) is 11.8 Å². The van der Waals surface area contributed by atoms with Crippen molar-refractivity contribution in [1.82, 2.24) is 14.8 Å². The predicted octanol–water partition coefficient (Wildman–Crippen LogP) is 4.79. The zero-order chi connectivity index (χ0) is 15.2. The number of hydrogen-bond donors (Lipinski definition) is 1. The molecule has 1 N–H and O–H groups in total. The maximum Gasteiger partial charge on any atom is 0.195 e. The van der Waals surface area contributed by atoms with E-state index in [1.807, 2.05) is 36.0 Å². The number of aromatic amines is 1. The van der Waals surface area contributed by atoms with E-state index in [0.29, 0.717) is 4.77 Å². The minimum absolute atomic E-state index is 0.684. The average Bonchev–Trinajstić information content (AvgIpc) is 2.94. The van der Waals surface area contributed by atoms with E-state index in [9.17, 15) is 0 Å². The summed E-state index contributed by atoms with van der Waals surface area (Å²) in [5, 5.41) is 7.27. The maximum absolute atomic E-state index is 5.35. The maximum atomic E-state index is 5.35. The predicted molar refractivity (Wildman–Crippen MR) is 94.6 cm³/mol. The van der Waals surface area contributed by atoms with Gasteiger partial charge in [-0.1, -0.05) is 48.5 Å². The quantitative estimate of drug-likeness (QED) is 0.401. The Labute approximate surface area is 139 Å². The van der Waals surface area contributed by atoms with Crippen molar-refractivity contribution < 1.29 is 0 Å². The Kier molecular flexibility index (Phi) is 5.08. The summed E-state index contributed by atoms with van der Waals surface area (Å²) in [7, 11) is 0. The topological polar surface area (TPSA) is 33.6 Å². The van der Waals surface area contributed by atoms with Crippen LogP contribution in [0.3, 0.4) is 0 Å². The number of nitrogens with zero attached hydrogens (tertiary/aromatic N) is 2. The monoisotopic (exact) mass is 327 g/mol. The molecule has 0 saturated carbocycles. The van der Waals surface area contributed by atoms with Crippen LogP contribution in [0.15, 0.2) is 65.6 Å². The molecule has 0 unspecified atom stereocenters. The molecular weight excluding hydrogens is 310 g/mol. The van der Waals surface area contributed by atoms with E-state index in [1.54, 1.807) is 0 Å². The highest BCUT2D eigenvalue weighted by Gasteiger charge is 2.07. The lowest BCUT2D eigenvalue weighted by Gasteiger charge is -2.07. The van der Waals surface area contributed by atoms with Crippen molar-refractivity contribution in [3.05, 3.63) is 65.4 Å². The van der Waals surface area contributed by atoms with Gasteiger partial charge in [-0.25, -0.2) is 0 Å². The van der Waals surface area contributed by atoms with E-state index in [2.05, 4.69) is 51.2 Å². The van der Waals surface area contributed by atoms with Crippen molar-refractivity contribution >= 4 is 24.0 Å². The molecule has 3 rings (SSSR count). The molecule has 0 amide bonds. The first-order valence-corrected chi connectivity index (χ1v) is 8.62. The van der Waals surface area contributed by atoms with Crippen LogP contribution in [0.5, 0.6) is 0 Å². The second-order valence-electron chi connectivity index (χ2n) is 4.89. The van der Waals surface area contributed by atoms with E-state index < -0.39 is 0 Å². The molecule has 0 fully saturated rings. The van der Waals surface area contributed by atoms with Crippen LogP contribution < -0.4 is 0 Å². The molecule has 112 valence electrons. The first kappa shape index (κ1) is 15.1. The Morgan fingerprint density at radius 1 is 1.00 bits per heavy atom. The number of aromatic nitrogens is 3. The molecule has 0 spiro atoms. The van der Waals surface area contributed by atoms with Gasteiger partial charge in [-0.05, 0) is 36.5 Å². The molecule has 5 heteroatoms. The Morgan fingerprint density at radius 2 is 1.68 bits per heavy atom. The summed E-state index contributed by atoms with van der Waals surface area (Å²) >= 11 is 7.23. The van der Waals surface area contributed by atoms with Crippen molar-refractivity contribution in [2.45, 2.75) is 17.9 Å². The normalized spacial score (nSPS) is 10.7. The van der Waals surface area contributed by atoms with Crippen molar-refractivity contribution in [3.8, 4) is 11.4 Å². The first-order chi connectivity index (χ1) is 10.8. The Hall–Kier alpha value is -1.85. The van der Waals surface area contributed by atoms with E-state index in [4.69, 9.17) is 12.2 Å². The van der Waals surface area contributed by atoms with Crippen LogP contribution in [0, 0.1) is 4.77 Å². The zero-order valence-electron chi connectivity index (χ0n) is 12.1. The number of H-pyrrole nitrogens is 1. The molecule has 3 aromatic rings. The summed E-state index contributed by atoms with van der Waals surface area (Å²) in [6, 6.07) is 20.6. The fourth-order valence-electron chi connectivity index (χ4n) is 2.26. The van der Waals surface area contributed by atoms with Crippen LogP contribution in [0.1, 0.15) is 6.42 Å². The molecule has 1 aromatic heterocycles. The highest BCUT2D eigenvalue weighted by atomic mass is 32.2. The zero-order valence-corrected chi connectivity index (χ0v) is 13.7. The van der Waals surface area contributed by atoms with Crippen LogP contribution in [0.2, 0.25) is 0 Å². The molecule has 0 aliphatic rings. The van der Waals surface area contributed by atoms with Crippen molar-refractivity contribution in [1.29, 1.82) is 0 Å². The van der Waals surface area contributed by atoms with Gasteiger partial charge in [0.1, 0.15) is 0 Å². The van der Waals surface area contributed by atoms with E-state index >= 15 is 0 Å². The molecule has 3 nitrogen and oxygen atoms in total. The molecule has 0 aliphatic carbocycles.